The van der Waals surface area contributed by atoms with E-state index in [0.29, 0.717) is 37.1 Å². The maximum Gasteiger partial charge on any atom is 0.270 e. The number of sulfonamides is 1. The Kier molecular flexibility index (Phi) is 4.68. The number of hydrogen-bond acceptors (Lipinski definition) is 6. The Morgan fingerprint density at radius 2 is 2.04 bits per heavy atom. The van der Waals surface area contributed by atoms with Crippen LogP contribution in [0.1, 0.15) is 0 Å². The molecule has 27 heavy (non-hydrogen) atoms. The van der Waals surface area contributed by atoms with Gasteiger partial charge < -0.3 is 4.90 Å². The number of nitro benzene ring substituents is 1. The zero-order chi connectivity index (χ0) is 19.0. The Morgan fingerprint density at radius 1 is 1.26 bits per heavy atom. The predicted molar refractivity (Wildman–Crippen MR) is 100 cm³/mol. The van der Waals surface area contributed by atoms with Crippen molar-refractivity contribution in [2.75, 3.05) is 26.2 Å². The van der Waals surface area contributed by atoms with Gasteiger partial charge in [-0.1, -0.05) is 6.07 Å². The number of fused-ring (bicyclic) bond motifs is 1. The summed E-state index contributed by atoms with van der Waals surface area (Å²) in [5.74, 6) is 0. The van der Waals surface area contributed by atoms with Gasteiger partial charge in [-0.15, -0.1) is 11.3 Å². The number of nitrogens with zero attached hydrogens (tertiary/aromatic N) is 4. The summed E-state index contributed by atoms with van der Waals surface area (Å²) in [4.78, 5) is 11.7. The highest BCUT2D eigenvalue weighted by Gasteiger charge is 2.31. The smallest absolute Gasteiger partial charge is 0.270 e. The lowest BCUT2D eigenvalue weighted by atomic mass is 10.2. The van der Waals surface area contributed by atoms with E-state index in [-0.39, 0.29) is 5.69 Å². The number of quaternary nitrogens is 1. The fraction of sp³-hybridized carbons (Fsp3) is 0.312. The molecular formula is C16H18N5O4S2+. The third-order valence-electron chi connectivity index (χ3n) is 4.73. The van der Waals surface area contributed by atoms with Crippen molar-refractivity contribution in [1.29, 1.82) is 0 Å². The second-order valence-electron chi connectivity index (χ2n) is 6.39. The number of non-ortho nitro benzene ring substituents is 1. The number of benzene rings is 1. The fourth-order valence-electron chi connectivity index (χ4n) is 3.26. The SMILES string of the molecule is O=[N+]([O-])c1ccc2c(cnn2C[NH+]2CCN(S(=O)(=O)c3cccs3)CC2)c1. The minimum absolute atomic E-state index is 0.0433. The number of piperazine rings is 1. The molecule has 11 heteroatoms. The summed E-state index contributed by atoms with van der Waals surface area (Å²) in [6.45, 7) is 2.87. The van der Waals surface area contributed by atoms with Gasteiger partial charge in [0, 0.05) is 17.5 Å². The third kappa shape index (κ3) is 3.46. The molecule has 0 saturated carbocycles. The maximum absolute atomic E-state index is 12.6. The van der Waals surface area contributed by atoms with Crippen molar-refractivity contribution in [2.45, 2.75) is 10.9 Å². The van der Waals surface area contributed by atoms with E-state index in [9.17, 15) is 18.5 Å². The van der Waals surface area contributed by atoms with Gasteiger partial charge in [-0.2, -0.15) is 9.40 Å². The monoisotopic (exact) mass is 408 g/mol. The molecule has 1 aliphatic heterocycles. The van der Waals surface area contributed by atoms with Crippen LogP contribution in [0, 0.1) is 10.1 Å². The molecule has 2 aromatic heterocycles. The maximum atomic E-state index is 12.6. The number of nitrogens with one attached hydrogen (secondary N) is 1. The average molecular weight is 408 g/mol. The summed E-state index contributed by atoms with van der Waals surface area (Å²) >= 11 is 1.23. The largest absolute Gasteiger partial charge is 0.314 e. The molecule has 1 N–H and O–H groups in total. The lowest BCUT2D eigenvalue weighted by Gasteiger charge is -2.31. The normalized spacial score (nSPS) is 16.7. The molecule has 3 heterocycles. The number of thiophene rings is 1. The van der Waals surface area contributed by atoms with Crippen molar-refractivity contribution in [1.82, 2.24) is 14.1 Å². The summed E-state index contributed by atoms with van der Waals surface area (Å²) < 4.78 is 28.9. The minimum Gasteiger partial charge on any atom is -0.314 e. The fourth-order valence-corrected chi connectivity index (χ4v) is 5.85. The van der Waals surface area contributed by atoms with Gasteiger partial charge in [0.1, 0.15) is 4.21 Å². The van der Waals surface area contributed by atoms with Crippen molar-refractivity contribution in [3.63, 3.8) is 0 Å². The van der Waals surface area contributed by atoms with Crippen LogP contribution in [0.3, 0.4) is 0 Å². The van der Waals surface area contributed by atoms with Crippen LogP contribution in [0.5, 0.6) is 0 Å². The van der Waals surface area contributed by atoms with Crippen molar-refractivity contribution in [2.24, 2.45) is 0 Å². The van der Waals surface area contributed by atoms with Gasteiger partial charge in [-0.3, -0.25) is 10.1 Å². The standard InChI is InChI=1S/C16H17N5O4S2/c22-21(23)14-3-4-15-13(10-14)11-17-20(15)12-18-5-7-19(8-6-18)27(24,25)16-2-1-9-26-16/h1-4,9-11H,5-8,12H2/p+1. The van der Waals surface area contributed by atoms with E-state index in [2.05, 4.69) is 5.10 Å². The molecule has 1 fully saturated rings. The van der Waals surface area contributed by atoms with Gasteiger partial charge in [0.2, 0.25) is 0 Å². The van der Waals surface area contributed by atoms with Crippen molar-refractivity contribution >= 4 is 38.0 Å². The van der Waals surface area contributed by atoms with Crippen LogP contribution in [-0.2, 0) is 16.7 Å². The van der Waals surface area contributed by atoms with Crippen LogP contribution >= 0.6 is 11.3 Å². The number of rotatable bonds is 5. The van der Waals surface area contributed by atoms with Gasteiger partial charge in [-0.25, -0.2) is 13.1 Å². The van der Waals surface area contributed by atoms with Crippen molar-refractivity contribution in [3.8, 4) is 0 Å². The summed E-state index contributed by atoms with van der Waals surface area (Å²) in [5.41, 5.74) is 0.878. The first-order valence-electron chi connectivity index (χ1n) is 8.42. The lowest BCUT2D eigenvalue weighted by molar-refractivity contribution is -0.926. The first-order chi connectivity index (χ1) is 12.9. The Hall–Kier alpha value is -2.34. The molecule has 0 aliphatic carbocycles. The van der Waals surface area contributed by atoms with Gasteiger partial charge >= 0.3 is 0 Å². The summed E-state index contributed by atoms with van der Waals surface area (Å²) in [6, 6.07) is 8.07. The molecule has 1 aromatic carbocycles. The highest BCUT2D eigenvalue weighted by molar-refractivity contribution is 7.91. The van der Waals surface area contributed by atoms with E-state index >= 15 is 0 Å². The molecule has 142 valence electrons. The lowest BCUT2D eigenvalue weighted by Crippen LogP contribution is -3.14. The number of aromatic nitrogens is 2. The van der Waals surface area contributed by atoms with Crippen LogP contribution in [-0.4, -0.2) is 53.6 Å². The van der Waals surface area contributed by atoms with Crippen LogP contribution in [0.4, 0.5) is 5.69 Å². The first-order valence-corrected chi connectivity index (χ1v) is 10.7. The van der Waals surface area contributed by atoms with Gasteiger partial charge in [0.05, 0.1) is 42.8 Å². The first kappa shape index (κ1) is 18.0. The highest BCUT2D eigenvalue weighted by Crippen LogP contribution is 2.21. The van der Waals surface area contributed by atoms with Gasteiger partial charge in [0.15, 0.2) is 6.67 Å². The second-order valence-corrected chi connectivity index (χ2v) is 9.50. The average Bonchev–Trinajstić information content (AvgIpc) is 3.32. The Labute approximate surface area is 159 Å². The van der Waals surface area contributed by atoms with Crippen LogP contribution in [0.25, 0.3) is 10.9 Å². The molecule has 0 radical (unpaired) electrons. The molecule has 0 spiro atoms. The Morgan fingerprint density at radius 3 is 2.70 bits per heavy atom. The highest BCUT2D eigenvalue weighted by atomic mass is 32.2. The van der Waals surface area contributed by atoms with Crippen LogP contribution in [0.15, 0.2) is 46.1 Å². The molecular weight excluding hydrogens is 390 g/mol. The zero-order valence-electron chi connectivity index (χ0n) is 14.3. The van der Waals surface area contributed by atoms with E-state index in [1.807, 2.05) is 4.68 Å². The zero-order valence-corrected chi connectivity index (χ0v) is 15.9. The summed E-state index contributed by atoms with van der Waals surface area (Å²) in [5, 5.41) is 17.7. The molecule has 3 aromatic rings. The topological polar surface area (TPSA) is 103 Å². The van der Waals surface area contributed by atoms with Gasteiger partial charge in [-0.05, 0) is 17.5 Å². The molecule has 0 unspecified atom stereocenters. The quantitative estimate of drug-likeness (QED) is 0.491. The van der Waals surface area contributed by atoms with E-state index < -0.39 is 14.9 Å². The molecule has 0 atom stereocenters. The number of hydrogen-bond donors (Lipinski definition) is 1. The molecule has 0 bridgehead atoms. The van der Waals surface area contributed by atoms with E-state index in [1.54, 1.807) is 29.8 Å². The Balaban J connectivity index is 1.44. The predicted octanol–water partition coefficient (Wildman–Crippen LogP) is 0.553. The van der Waals surface area contributed by atoms with E-state index in [1.165, 1.54) is 32.7 Å². The third-order valence-corrected chi connectivity index (χ3v) is 8.00. The van der Waals surface area contributed by atoms with Crippen molar-refractivity contribution < 1.29 is 18.2 Å². The van der Waals surface area contributed by atoms with E-state index in [4.69, 9.17) is 0 Å². The summed E-state index contributed by atoms with van der Waals surface area (Å²) in [7, 11) is -3.40. The van der Waals surface area contributed by atoms with Crippen LogP contribution in [0.2, 0.25) is 0 Å². The van der Waals surface area contributed by atoms with Crippen LogP contribution < -0.4 is 4.90 Å². The molecule has 1 aliphatic rings. The molecule has 0 amide bonds. The second kappa shape index (κ2) is 7.00. The van der Waals surface area contributed by atoms with Gasteiger partial charge in [0.25, 0.3) is 15.7 Å². The van der Waals surface area contributed by atoms with E-state index in [0.717, 1.165) is 10.9 Å². The molecule has 1 saturated heterocycles. The number of nitro groups is 1. The molecule has 4 rings (SSSR count). The summed E-state index contributed by atoms with van der Waals surface area (Å²) in [6.07, 6.45) is 1.62. The van der Waals surface area contributed by atoms with Crippen molar-refractivity contribution in [3.05, 3.63) is 52.0 Å². The molecule has 9 nitrogen and oxygen atoms in total. The Bertz CT molecular complexity index is 1070. The minimum atomic E-state index is -3.40.